The maximum Gasteiger partial charge on any atom is 0.291 e. The number of rotatable bonds is 2. The molecule has 0 bridgehead atoms. The molecule has 1 aliphatic rings. The minimum absolute atomic E-state index is 0.498. The summed E-state index contributed by atoms with van der Waals surface area (Å²) in [5.41, 5.74) is 14.0. The molecule has 0 aromatic rings. The standard InChI is InChI=1S/C12H26FN3O2/c1-7-9(5,6)10(13)11(14,8(2,3)4)18-12(15,16)17-10/h7,14-16H2,1-6H3. The molecule has 108 valence electrons. The molecule has 0 radical (unpaired) electrons. The van der Waals surface area contributed by atoms with E-state index < -0.39 is 28.4 Å². The molecular weight excluding hydrogens is 237 g/mol. The van der Waals surface area contributed by atoms with Crippen molar-refractivity contribution in [3.8, 4) is 0 Å². The van der Waals surface area contributed by atoms with E-state index in [0.29, 0.717) is 6.42 Å². The minimum atomic E-state index is -2.28. The Morgan fingerprint density at radius 3 is 1.78 bits per heavy atom. The van der Waals surface area contributed by atoms with Crippen LogP contribution in [0, 0.1) is 10.8 Å². The highest BCUT2D eigenvalue weighted by atomic mass is 19.2. The molecule has 0 saturated carbocycles. The van der Waals surface area contributed by atoms with Crippen LogP contribution in [-0.4, -0.2) is 17.6 Å². The highest BCUT2D eigenvalue weighted by Crippen LogP contribution is 2.56. The SMILES string of the molecule is CCC(C)(C)C1(F)OC(N)(N)OC1(N)C(C)(C)C. The van der Waals surface area contributed by atoms with Crippen molar-refractivity contribution in [1.29, 1.82) is 0 Å². The van der Waals surface area contributed by atoms with Gasteiger partial charge in [-0.3, -0.25) is 26.7 Å². The zero-order chi connectivity index (χ0) is 14.6. The molecule has 1 fully saturated rings. The maximum absolute atomic E-state index is 15.5. The van der Waals surface area contributed by atoms with Gasteiger partial charge in [0.05, 0.1) is 0 Å². The van der Waals surface area contributed by atoms with Crippen LogP contribution in [0.3, 0.4) is 0 Å². The van der Waals surface area contributed by atoms with Gasteiger partial charge in [0, 0.05) is 10.8 Å². The zero-order valence-corrected chi connectivity index (χ0v) is 12.1. The van der Waals surface area contributed by atoms with Crippen LogP contribution in [0.5, 0.6) is 0 Å². The summed E-state index contributed by atoms with van der Waals surface area (Å²) in [6, 6.07) is -2.02. The number of nitrogens with two attached hydrogens (primary N) is 3. The molecule has 2 atom stereocenters. The first-order chi connectivity index (χ1) is 7.72. The fourth-order valence-electron chi connectivity index (χ4n) is 2.14. The molecule has 0 aliphatic carbocycles. The molecule has 2 unspecified atom stereocenters. The summed E-state index contributed by atoms with van der Waals surface area (Å²) in [5, 5.41) is 0. The van der Waals surface area contributed by atoms with E-state index in [1.165, 1.54) is 0 Å². The van der Waals surface area contributed by atoms with Crippen LogP contribution >= 0.6 is 0 Å². The summed E-state index contributed by atoms with van der Waals surface area (Å²) in [5.74, 6) is -2.28. The van der Waals surface area contributed by atoms with Crippen molar-refractivity contribution in [3.63, 3.8) is 0 Å². The summed E-state index contributed by atoms with van der Waals surface area (Å²) in [4.78, 5) is 0. The van der Waals surface area contributed by atoms with Gasteiger partial charge < -0.3 is 0 Å². The van der Waals surface area contributed by atoms with Crippen molar-refractivity contribution in [2.45, 2.75) is 65.6 Å². The van der Waals surface area contributed by atoms with E-state index in [1.54, 1.807) is 34.6 Å². The second-order valence-corrected chi connectivity index (χ2v) is 6.74. The summed E-state index contributed by atoms with van der Waals surface area (Å²) in [6.07, 6.45) is 0.498. The van der Waals surface area contributed by atoms with E-state index in [1.807, 2.05) is 6.92 Å². The smallest absolute Gasteiger partial charge is 0.291 e. The first-order valence-electron chi connectivity index (χ1n) is 6.18. The first-order valence-corrected chi connectivity index (χ1v) is 6.18. The molecule has 6 heteroatoms. The predicted octanol–water partition coefficient (Wildman–Crippen LogP) is 1.37. The van der Waals surface area contributed by atoms with Crippen LogP contribution in [0.1, 0.15) is 48.0 Å². The third-order valence-electron chi connectivity index (χ3n) is 3.97. The quantitative estimate of drug-likeness (QED) is 0.654. The molecule has 5 nitrogen and oxygen atoms in total. The van der Waals surface area contributed by atoms with Gasteiger partial charge in [-0.1, -0.05) is 41.5 Å². The maximum atomic E-state index is 15.5. The van der Waals surface area contributed by atoms with Gasteiger partial charge in [-0.25, -0.2) is 4.39 Å². The Kier molecular flexibility index (Phi) is 3.39. The highest BCUT2D eigenvalue weighted by molar-refractivity contribution is 5.09. The van der Waals surface area contributed by atoms with E-state index in [2.05, 4.69) is 0 Å². The van der Waals surface area contributed by atoms with Crippen molar-refractivity contribution in [1.82, 2.24) is 0 Å². The van der Waals surface area contributed by atoms with E-state index in [0.717, 1.165) is 0 Å². The van der Waals surface area contributed by atoms with Gasteiger partial charge >= 0.3 is 0 Å². The van der Waals surface area contributed by atoms with Gasteiger partial charge in [0.2, 0.25) is 0 Å². The zero-order valence-electron chi connectivity index (χ0n) is 12.1. The number of hydrogen-bond donors (Lipinski definition) is 3. The Labute approximate surface area is 108 Å². The summed E-state index contributed by atoms with van der Waals surface area (Å²) in [7, 11) is 0. The van der Waals surface area contributed by atoms with Crippen molar-refractivity contribution in [3.05, 3.63) is 0 Å². The van der Waals surface area contributed by atoms with E-state index in [4.69, 9.17) is 26.7 Å². The lowest BCUT2D eigenvalue weighted by Gasteiger charge is -2.49. The Bertz CT molecular complexity index is 341. The van der Waals surface area contributed by atoms with Crippen LogP contribution in [0.25, 0.3) is 0 Å². The van der Waals surface area contributed by atoms with Crippen LogP contribution < -0.4 is 17.2 Å². The Morgan fingerprint density at radius 1 is 1.00 bits per heavy atom. The molecule has 0 spiro atoms. The molecule has 0 aromatic carbocycles. The average molecular weight is 263 g/mol. The largest absolute Gasteiger partial charge is 0.298 e. The van der Waals surface area contributed by atoms with Crippen molar-refractivity contribution < 1.29 is 13.9 Å². The number of ether oxygens (including phenoxy) is 2. The number of hydrogen-bond acceptors (Lipinski definition) is 5. The molecule has 18 heavy (non-hydrogen) atoms. The molecule has 6 N–H and O–H groups in total. The van der Waals surface area contributed by atoms with Crippen LogP contribution in [-0.2, 0) is 9.47 Å². The lowest BCUT2D eigenvalue weighted by Crippen LogP contribution is -2.68. The normalized spacial score (nSPS) is 37.0. The molecule has 1 heterocycles. The van der Waals surface area contributed by atoms with Gasteiger partial charge in [0.1, 0.15) is 0 Å². The Morgan fingerprint density at radius 2 is 1.44 bits per heavy atom. The number of alkyl halides is 1. The molecule has 1 saturated heterocycles. The summed E-state index contributed by atoms with van der Waals surface area (Å²) in [6.45, 7) is 10.6. The second-order valence-electron chi connectivity index (χ2n) is 6.74. The molecule has 0 amide bonds. The molecule has 1 rings (SSSR count). The lowest BCUT2D eigenvalue weighted by molar-refractivity contribution is -0.262. The van der Waals surface area contributed by atoms with Gasteiger partial charge in [-0.2, -0.15) is 0 Å². The van der Waals surface area contributed by atoms with Crippen molar-refractivity contribution in [2.24, 2.45) is 28.0 Å². The van der Waals surface area contributed by atoms with Crippen LogP contribution in [0.4, 0.5) is 4.39 Å². The Balaban J connectivity index is 3.40. The monoisotopic (exact) mass is 263 g/mol. The van der Waals surface area contributed by atoms with Crippen molar-refractivity contribution >= 4 is 0 Å². The summed E-state index contributed by atoms with van der Waals surface area (Å²) < 4.78 is 26.0. The first kappa shape index (κ1) is 15.8. The Hall–Kier alpha value is -0.270. The lowest BCUT2D eigenvalue weighted by atomic mass is 9.68. The fraction of sp³-hybridized carbons (Fsp3) is 1.00. The topological polar surface area (TPSA) is 96.5 Å². The number of halogens is 1. The van der Waals surface area contributed by atoms with Crippen LogP contribution in [0.2, 0.25) is 0 Å². The van der Waals surface area contributed by atoms with E-state index in [-0.39, 0.29) is 0 Å². The van der Waals surface area contributed by atoms with E-state index >= 15 is 4.39 Å². The van der Waals surface area contributed by atoms with Gasteiger partial charge in [-0.15, -0.1) is 0 Å². The third-order valence-corrected chi connectivity index (χ3v) is 3.97. The fourth-order valence-corrected chi connectivity index (χ4v) is 2.14. The highest BCUT2D eigenvalue weighted by Gasteiger charge is 2.73. The summed E-state index contributed by atoms with van der Waals surface area (Å²) >= 11 is 0. The van der Waals surface area contributed by atoms with Crippen molar-refractivity contribution in [2.75, 3.05) is 0 Å². The second kappa shape index (κ2) is 3.86. The van der Waals surface area contributed by atoms with Gasteiger partial charge in [0.15, 0.2) is 5.72 Å². The van der Waals surface area contributed by atoms with E-state index in [9.17, 15) is 0 Å². The third kappa shape index (κ3) is 1.96. The minimum Gasteiger partial charge on any atom is -0.298 e. The van der Waals surface area contributed by atoms with Gasteiger partial charge in [-0.05, 0) is 6.42 Å². The predicted molar refractivity (Wildman–Crippen MR) is 67.6 cm³/mol. The molecule has 0 aromatic heterocycles. The molecule has 1 aliphatic heterocycles. The van der Waals surface area contributed by atoms with Crippen LogP contribution in [0.15, 0.2) is 0 Å². The average Bonchev–Trinajstić information content (AvgIpc) is 2.33. The molecular formula is C12H26FN3O2. The van der Waals surface area contributed by atoms with Gasteiger partial charge in [0.25, 0.3) is 11.9 Å².